The van der Waals surface area contributed by atoms with Gasteiger partial charge in [0.2, 0.25) is 0 Å². The van der Waals surface area contributed by atoms with E-state index in [4.69, 9.17) is 0 Å². The molecule has 1 aliphatic rings. The van der Waals surface area contributed by atoms with Crippen LogP contribution < -0.4 is 5.32 Å². The van der Waals surface area contributed by atoms with Crippen molar-refractivity contribution in [2.45, 2.75) is 24.6 Å². The van der Waals surface area contributed by atoms with E-state index in [0.717, 1.165) is 11.1 Å². The molecule has 1 aliphatic carbocycles. The molecule has 2 rings (SSSR count). The highest BCUT2D eigenvalue weighted by molar-refractivity contribution is 5.38. The van der Waals surface area contributed by atoms with E-state index in [1.54, 1.807) is 12.1 Å². The number of halogens is 3. The number of nitrogens with one attached hydrogen (secondary N) is 1. The van der Waals surface area contributed by atoms with Gasteiger partial charge < -0.3 is 5.11 Å². The Bertz CT molecular complexity index is 405. The monoisotopic (exact) mass is 245 g/mol. The number of aryl methyl sites for hydroxylation is 1. The molecule has 0 saturated heterocycles. The third-order valence-electron chi connectivity index (χ3n) is 3.25. The second kappa shape index (κ2) is 4.31. The fraction of sp³-hybridized carbons (Fsp3) is 0.500. The maximum Gasteiger partial charge on any atom is 0.401 e. The average molecular weight is 245 g/mol. The molecule has 0 radical (unpaired) electrons. The van der Waals surface area contributed by atoms with Gasteiger partial charge in [-0.05, 0) is 24.0 Å². The smallest absolute Gasteiger partial charge is 0.394 e. The molecule has 0 heterocycles. The Labute approximate surface area is 97.5 Å². The zero-order valence-corrected chi connectivity index (χ0v) is 9.22. The minimum Gasteiger partial charge on any atom is -0.394 e. The first-order chi connectivity index (χ1) is 7.97. The topological polar surface area (TPSA) is 32.3 Å². The summed E-state index contributed by atoms with van der Waals surface area (Å²) in [7, 11) is 0. The molecule has 0 saturated carbocycles. The molecule has 0 spiro atoms. The molecule has 2 N–H and O–H groups in total. The quantitative estimate of drug-likeness (QED) is 0.853. The first-order valence-corrected chi connectivity index (χ1v) is 5.48. The molecule has 94 valence electrons. The maximum absolute atomic E-state index is 12.2. The number of fused-ring (bicyclic) bond motifs is 1. The van der Waals surface area contributed by atoms with E-state index in [-0.39, 0.29) is 6.61 Å². The first kappa shape index (κ1) is 12.4. The number of aliphatic hydroxyl groups excluding tert-OH is 1. The molecule has 0 aromatic heterocycles. The van der Waals surface area contributed by atoms with Crippen LogP contribution in [0.1, 0.15) is 17.5 Å². The van der Waals surface area contributed by atoms with Crippen LogP contribution in [0.3, 0.4) is 0 Å². The Hall–Kier alpha value is -1.07. The SMILES string of the molecule is OCC1(NCC(F)(F)F)CCc2ccccc21. The summed E-state index contributed by atoms with van der Waals surface area (Å²) in [4.78, 5) is 0. The highest BCUT2D eigenvalue weighted by Crippen LogP contribution is 2.36. The van der Waals surface area contributed by atoms with Crippen molar-refractivity contribution in [2.24, 2.45) is 0 Å². The van der Waals surface area contributed by atoms with Gasteiger partial charge in [-0.25, -0.2) is 0 Å². The number of alkyl halides is 3. The van der Waals surface area contributed by atoms with Crippen LogP contribution in [0.15, 0.2) is 24.3 Å². The van der Waals surface area contributed by atoms with Crippen LogP contribution in [-0.4, -0.2) is 24.4 Å². The van der Waals surface area contributed by atoms with Gasteiger partial charge in [0.25, 0.3) is 0 Å². The predicted molar refractivity (Wildman–Crippen MR) is 57.6 cm³/mol. The van der Waals surface area contributed by atoms with E-state index >= 15 is 0 Å². The van der Waals surface area contributed by atoms with Crippen molar-refractivity contribution in [3.8, 4) is 0 Å². The molecule has 17 heavy (non-hydrogen) atoms. The molecule has 0 amide bonds. The average Bonchev–Trinajstić information content (AvgIpc) is 2.66. The van der Waals surface area contributed by atoms with Crippen molar-refractivity contribution >= 4 is 0 Å². The second-order valence-electron chi connectivity index (χ2n) is 4.37. The molecule has 2 nitrogen and oxygen atoms in total. The number of aliphatic hydroxyl groups is 1. The van der Waals surface area contributed by atoms with Gasteiger partial charge in [0.15, 0.2) is 0 Å². The summed E-state index contributed by atoms with van der Waals surface area (Å²) in [6.07, 6.45) is -3.07. The number of benzene rings is 1. The lowest BCUT2D eigenvalue weighted by Gasteiger charge is -2.30. The molecule has 1 aromatic rings. The Morgan fingerprint density at radius 2 is 2.00 bits per heavy atom. The van der Waals surface area contributed by atoms with Crippen molar-refractivity contribution in [3.63, 3.8) is 0 Å². The van der Waals surface area contributed by atoms with Crippen LogP contribution in [0.5, 0.6) is 0 Å². The van der Waals surface area contributed by atoms with Gasteiger partial charge in [0.1, 0.15) is 0 Å². The van der Waals surface area contributed by atoms with Gasteiger partial charge in [0, 0.05) is 0 Å². The summed E-state index contributed by atoms with van der Waals surface area (Å²) < 4.78 is 36.7. The van der Waals surface area contributed by atoms with Gasteiger partial charge in [-0.2, -0.15) is 13.2 Å². The second-order valence-corrected chi connectivity index (χ2v) is 4.37. The van der Waals surface area contributed by atoms with Gasteiger partial charge in [-0.3, -0.25) is 5.32 Å². The summed E-state index contributed by atoms with van der Waals surface area (Å²) in [5, 5.41) is 11.9. The lowest BCUT2D eigenvalue weighted by molar-refractivity contribution is -0.130. The van der Waals surface area contributed by atoms with Gasteiger partial charge >= 0.3 is 6.18 Å². The molecule has 5 heteroatoms. The fourth-order valence-corrected chi connectivity index (χ4v) is 2.36. The zero-order valence-electron chi connectivity index (χ0n) is 9.22. The Morgan fingerprint density at radius 3 is 2.65 bits per heavy atom. The van der Waals surface area contributed by atoms with Gasteiger partial charge in [-0.15, -0.1) is 0 Å². The van der Waals surface area contributed by atoms with E-state index in [9.17, 15) is 18.3 Å². The molecule has 0 fully saturated rings. The fourth-order valence-electron chi connectivity index (χ4n) is 2.36. The van der Waals surface area contributed by atoms with Crippen LogP contribution in [0.2, 0.25) is 0 Å². The summed E-state index contributed by atoms with van der Waals surface area (Å²) in [5.41, 5.74) is 0.856. The normalized spacial score (nSPS) is 23.8. The number of rotatable bonds is 3. The maximum atomic E-state index is 12.2. The standard InChI is InChI=1S/C12H14F3NO/c13-12(14,15)7-16-11(8-17)6-5-9-3-1-2-4-10(9)11/h1-4,16-17H,5-8H2. The molecule has 0 bridgehead atoms. The van der Waals surface area contributed by atoms with Crippen LogP contribution >= 0.6 is 0 Å². The molecule has 1 unspecified atom stereocenters. The minimum absolute atomic E-state index is 0.319. The van der Waals surface area contributed by atoms with E-state index < -0.39 is 18.3 Å². The summed E-state index contributed by atoms with van der Waals surface area (Å²) in [6.45, 7) is -1.40. The largest absolute Gasteiger partial charge is 0.401 e. The van der Waals surface area contributed by atoms with Crippen molar-refractivity contribution < 1.29 is 18.3 Å². The van der Waals surface area contributed by atoms with E-state index in [2.05, 4.69) is 5.32 Å². The van der Waals surface area contributed by atoms with E-state index in [1.807, 2.05) is 12.1 Å². The van der Waals surface area contributed by atoms with Crippen molar-refractivity contribution in [1.29, 1.82) is 0 Å². The predicted octanol–water partition coefficient (Wildman–Crippen LogP) is 1.97. The lowest BCUT2D eigenvalue weighted by atomic mass is 9.92. The molecular weight excluding hydrogens is 231 g/mol. The molecule has 1 aromatic carbocycles. The van der Waals surface area contributed by atoms with Crippen LogP contribution in [0.25, 0.3) is 0 Å². The number of hydrogen-bond acceptors (Lipinski definition) is 2. The Balaban J connectivity index is 2.22. The third-order valence-corrected chi connectivity index (χ3v) is 3.25. The minimum atomic E-state index is -4.26. The molecular formula is C12H14F3NO. The van der Waals surface area contributed by atoms with Crippen LogP contribution in [0.4, 0.5) is 13.2 Å². The van der Waals surface area contributed by atoms with Crippen LogP contribution in [-0.2, 0) is 12.0 Å². The Kier molecular flexibility index (Phi) is 3.14. The lowest BCUT2D eigenvalue weighted by Crippen LogP contribution is -2.47. The van der Waals surface area contributed by atoms with Gasteiger partial charge in [0.05, 0.1) is 18.7 Å². The van der Waals surface area contributed by atoms with Gasteiger partial charge in [-0.1, -0.05) is 24.3 Å². The van der Waals surface area contributed by atoms with Crippen LogP contribution in [0, 0.1) is 0 Å². The van der Waals surface area contributed by atoms with E-state index in [0.29, 0.717) is 12.8 Å². The summed E-state index contributed by atoms with van der Waals surface area (Å²) in [5.74, 6) is 0. The summed E-state index contributed by atoms with van der Waals surface area (Å²) in [6, 6.07) is 7.31. The third kappa shape index (κ3) is 2.45. The van der Waals surface area contributed by atoms with Crippen molar-refractivity contribution in [1.82, 2.24) is 5.32 Å². The first-order valence-electron chi connectivity index (χ1n) is 5.48. The number of hydrogen-bond donors (Lipinski definition) is 2. The zero-order chi connectivity index (χ0) is 12.5. The molecule has 1 atom stereocenters. The highest BCUT2D eigenvalue weighted by atomic mass is 19.4. The van der Waals surface area contributed by atoms with Crippen molar-refractivity contribution in [3.05, 3.63) is 35.4 Å². The Morgan fingerprint density at radius 1 is 1.29 bits per heavy atom. The summed E-state index contributed by atoms with van der Waals surface area (Å²) >= 11 is 0. The molecule has 0 aliphatic heterocycles. The highest BCUT2D eigenvalue weighted by Gasteiger charge is 2.40. The van der Waals surface area contributed by atoms with Crippen molar-refractivity contribution in [2.75, 3.05) is 13.2 Å². The van der Waals surface area contributed by atoms with E-state index in [1.165, 1.54) is 0 Å².